The van der Waals surface area contributed by atoms with E-state index in [0.717, 1.165) is 11.8 Å². The summed E-state index contributed by atoms with van der Waals surface area (Å²) in [7, 11) is 0. The Bertz CT molecular complexity index is 1640. The third kappa shape index (κ3) is 5.80. The molecule has 5 rings (SSSR count). The Morgan fingerprint density at radius 1 is 0.892 bits per heavy atom. The molecule has 1 aromatic heterocycles. The number of benzene rings is 4. The summed E-state index contributed by atoms with van der Waals surface area (Å²) < 4.78 is 7.37. The Kier molecular flexibility index (Phi) is 7.46. The zero-order chi connectivity index (χ0) is 25.8. The van der Waals surface area contributed by atoms with Crippen molar-refractivity contribution >= 4 is 57.5 Å². The number of hydrogen-bond acceptors (Lipinski definition) is 5. The lowest BCUT2D eigenvalue weighted by Gasteiger charge is -2.14. The van der Waals surface area contributed by atoms with Crippen molar-refractivity contribution in [2.24, 2.45) is 0 Å². The summed E-state index contributed by atoms with van der Waals surface area (Å²) in [5, 5.41) is 4.45. The van der Waals surface area contributed by atoms with Crippen LogP contribution in [0.2, 0.25) is 10.0 Å². The Hall–Kier alpha value is -3.78. The summed E-state index contributed by atoms with van der Waals surface area (Å²) in [4.78, 5) is 30.9. The fraction of sp³-hybridized carbons (Fsp3) is 0.0357. The summed E-state index contributed by atoms with van der Waals surface area (Å²) in [5.41, 5.74) is 1.33. The van der Waals surface area contributed by atoms with Crippen molar-refractivity contribution in [1.29, 1.82) is 0 Å². The van der Waals surface area contributed by atoms with Gasteiger partial charge in [-0.05, 0) is 66.7 Å². The largest absolute Gasteiger partial charge is 0.457 e. The molecule has 0 saturated heterocycles. The maximum absolute atomic E-state index is 13.5. The van der Waals surface area contributed by atoms with Crippen LogP contribution in [-0.2, 0) is 4.79 Å². The van der Waals surface area contributed by atoms with Crippen molar-refractivity contribution in [2.75, 3.05) is 11.1 Å². The first-order chi connectivity index (χ1) is 18.0. The van der Waals surface area contributed by atoms with E-state index in [1.54, 1.807) is 60.7 Å². The van der Waals surface area contributed by atoms with Gasteiger partial charge < -0.3 is 10.1 Å². The Morgan fingerprint density at radius 3 is 2.38 bits per heavy atom. The number of anilines is 1. The second-order valence-electron chi connectivity index (χ2n) is 7.92. The molecule has 0 aliphatic carbocycles. The van der Waals surface area contributed by atoms with Crippen LogP contribution in [0.5, 0.6) is 11.5 Å². The van der Waals surface area contributed by atoms with Crippen LogP contribution < -0.4 is 15.6 Å². The van der Waals surface area contributed by atoms with Crippen molar-refractivity contribution in [3.05, 3.63) is 117 Å². The number of rotatable bonds is 7. The molecule has 0 unspecified atom stereocenters. The molecule has 4 aromatic carbocycles. The molecule has 0 saturated carbocycles. The number of hydrogen-bond donors (Lipinski definition) is 1. The predicted octanol–water partition coefficient (Wildman–Crippen LogP) is 7.22. The molecule has 0 spiro atoms. The van der Waals surface area contributed by atoms with Crippen molar-refractivity contribution < 1.29 is 9.53 Å². The topological polar surface area (TPSA) is 73.2 Å². The van der Waals surface area contributed by atoms with Gasteiger partial charge >= 0.3 is 0 Å². The first-order valence-corrected chi connectivity index (χ1v) is 12.9. The number of halogens is 2. The van der Waals surface area contributed by atoms with E-state index in [0.29, 0.717) is 49.0 Å². The Balaban J connectivity index is 1.44. The molecule has 9 heteroatoms. The molecule has 1 amide bonds. The third-order valence-corrected chi connectivity index (χ3v) is 6.86. The monoisotopic (exact) mass is 547 g/mol. The molecule has 0 fully saturated rings. The van der Waals surface area contributed by atoms with Crippen molar-refractivity contribution in [1.82, 2.24) is 9.55 Å². The van der Waals surface area contributed by atoms with Gasteiger partial charge in [-0.25, -0.2) is 4.98 Å². The average molecular weight is 548 g/mol. The highest BCUT2D eigenvalue weighted by Crippen LogP contribution is 2.27. The number of ether oxygens (including phenoxy) is 1. The normalized spacial score (nSPS) is 10.9. The third-order valence-electron chi connectivity index (χ3n) is 5.35. The van der Waals surface area contributed by atoms with Crippen LogP contribution >= 0.6 is 35.0 Å². The van der Waals surface area contributed by atoms with E-state index in [4.69, 9.17) is 27.9 Å². The summed E-state index contributed by atoms with van der Waals surface area (Å²) >= 11 is 13.3. The van der Waals surface area contributed by atoms with Crippen LogP contribution in [-0.4, -0.2) is 21.2 Å². The number of nitrogens with one attached hydrogen (secondary N) is 1. The van der Waals surface area contributed by atoms with E-state index in [-0.39, 0.29) is 17.2 Å². The Morgan fingerprint density at radius 2 is 1.59 bits per heavy atom. The zero-order valence-electron chi connectivity index (χ0n) is 19.2. The van der Waals surface area contributed by atoms with Gasteiger partial charge in [0.1, 0.15) is 11.5 Å². The number of carbonyl (C=O) groups is 1. The highest BCUT2D eigenvalue weighted by molar-refractivity contribution is 7.99. The van der Waals surface area contributed by atoms with Crippen molar-refractivity contribution in [3.63, 3.8) is 0 Å². The summed E-state index contributed by atoms with van der Waals surface area (Å²) in [6.07, 6.45) is 0. The van der Waals surface area contributed by atoms with Gasteiger partial charge in [0, 0.05) is 5.02 Å². The maximum atomic E-state index is 13.5. The van der Waals surface area contributed by atoms with Gasteiger partial charge in [0.15, 0.2) is 5.16 Å². The summed E-state index contributed by atoms with van der Waals surface area (Å²) in [6.45, 7) is 0. The molecule has 184 valence electrons. The molecule has 1 heterocycles. The van der Waals surface area contributed by atoms with Crippen molar-refractivity contribution in [2.45, 2.75) is 5.16 Å². The first-order valence-electron chi connectivity index (χ1n) is 11.2. The number of nitrogens with zero attached hydrogens (tertiary/aromatic N) is 2. The van der Waals surface area contributed by atoms with Crippen LogP contribution in [0.3, 0.4) is 0 Å². The lowest BCUT2D eigenvalue weighted by atomic mass is 10.2. The standard InChI is InChI=1S/C28H19Cl2N3O3S/c29-18-10-15-23(30)25(16-18)31-26(34)17-37-28-32-24-9-5-4-8-22(24)27(35)33(28)19-11-13-21(14-12-19)36-20-6-2-1-3-7-20/h1-16H,17H2,(H,31,34). The molecule has 0 atom stereocenters. The molecular weight excluding hydrogens is 529 g/mol. The fourth-order valence-electron chi connectivity index (χ4n) is 3.63. The van der Waals surface area contributed by atoms with Gasteiger partial charge in [0.2, 0.25) is 5.91 Å². The smallest absolute Gasteiger partial charge is 0.266 e. The van der Waals surface area contributed by atoms with E-state index in [9.17, 15) is 9.59 Å². The Labute approximate surface area is 226 Å². The lowest BCUT2D eigenvalue weighted by Crippen LogP contribution is -2.23. The SMILES string of the molecule is O=C(CSc1nc2ccccc2c(=O)n1-c1ccc(Oc2ccccc2)cc1)Nc1cc(Cl)ccc1Cl. The minimum absolute atomic E-state index is 0.00280. The molecule has 0 aliphatic rings. The van der Waals surface area contributed by atoms with Crippen LogP contribution in [0.1, 0.15) is 0 Å². The second kappa shape index (κ2) is 11.1. The molecule has 0 bridgehead atoms. The van der Waals surface area contributed by atoms with E-state index in [2.05, 4.69) is 10.3 Å². The highest BCUT2D eigenvalue weighted by atomic mass is 35.5. The number of para-hydroxylation sites is 2. The number of carbonyl (C=O) groups excluding carboxylic acids is 1. The van der Waals surface area contributed by atoms with Gasteiger partial charge in [-0.15, -0.1) is 0 Å². The van der Waals surface area contributed by atoms with E-state index >= 15 is 0 Å². The zero-order valence-corrected chi connectivity index (χ0v) is 21.6. The number of aromatic nitrogens is 2. The van der Waals surface area contributed by atoms with E-state index in [1.807, 2.05) is 36.4 Å². The molecular formula is C28H19Cl2N3O3S. The summed E-state index contributed by atoms with van der Waals surface area (Å²) in [6, 6.07) is 28.5. The minimum Gasteiger partial charge on any atom is -0.457 e. The van der Waals surface area contributed by atoms with E-state index in [1.165, 1.54) is 4.57 Å². The molecule has 6 nitrogen and oxygen atoms in total. The molecule has 0 radical (unpaired) electrons. The van der Waals surface area contributed by atoms with Crippen LogP contribution in [0.4, 0.5) is 5.69 Å². The van der Waals surface area contributed by atoms with Crippen molar-refractivity contribution in [3.8, 4) is 17.2 Å². The average Bonchev–Trinajstić information content (AvgIpc) is 2.91. The van der Waals surface area contributed by atoms with Crippen LogP contribution in [0.15, 0.2) is 107 Å². The maximum Gasteiger partial charge on any atom is 0.266 e. The molecule has 5 aromatic rings. The predicted molar refractivity (Wildman–Crippen MR) is 150 cm³/mol. The van der Waals surface area contributed by atoms with Gasteiger partial charge in [-0.3, -0.25) is 14.2 Å². The minimum atomic E-state index is -0.310. The van der Waals surface area contributed by atoms with Crippen LogP contribution in [0.25, 0.3) is 16.6 Å². The fourth-order valence-corrected chi connectivity index (χ4v) is 4.78. The second-order valence-corrected chi connectivity index (χ2v) is 9.71. The molecule has 1 N–H and O–H groups in total. The molecule has 37 heavy (non-hydrogen) atoms. The van der Waals surface area contributed by atoms with Gasteiger partial charge in [-0.1, -0.05) is 65.3 Å². The summed E-state index contributed by atoms with van der Waals surface area (Å²) in [5.74, 6) is 1.03. The van der Waals surface area contributed by atoms with Gasteiger partial charge in [-0.2, -0.15) is 0 Å². The van der Waals surface area contributed by atoms with Crippen LogP contribution in [0, 0.1) is 0 Å². The molecule has 0 aliphatic heterocycles. The van der Waals surface area contributed by atoms with Gasteiger partial charge in [0.05, 0.1) is 33.1 Å². The highest BCUT2D eigenvalue weighted by Gasteiger charge is 2.16. The number of fused-ring (bicyclic) bond motifs is 1. The first kappa shape index (κ1) is 24.9. The lowest BCUT2D eigenvalue weighted by molar-refractivity contribution is -0.113. The van der Waals surface area contributed by atoms with E-state index < -0.39 is 0 Å². The van der Waals surface area contributed by atoms with Gasteiger partial charge in [0.25, 0.3) is 5.56 Å². The quantitative estimate of drug-likeness (QED) is 0.172. The number of thioether (sulfide) groups is 1. The number of amides is 1.